The van der Waals surface area contributed by atoms with Crippen molar-refractivity contribution >= 4 is 32.3 Å². The normalized spacial score (nSPS) is 19.8. The third-order valence-electron chi connectivity index (χ3n) is 10.1. The second-order valence-corrected chi connectivity index (χ2v) is 12.4. The predicted molar refractivity (Wildman–Crippen MR) is 168 cm³/mol. The molecule has 0 nitrogen and oxygen atoms in total. The SMILES string of the molecule is CC1(C)c2cc(-c3c4ccccc4c(-c4cccc5ccccc45)c4ccccc34)ccc2C2CCCCC21. The first kappa shape index (κ1) is 23.0. The number of rotatable bonds is 2. The van der Waals surface area contributed by atoms with Gasteiger partial charge < -0.3 is 0 Å². The maximum atomic E-state index is 2.57. The van der Waals surface area contributed by atoms with Crippen molar-refractivity contribution in [3.63, 3.8) is 0 Å². The van der Waals surface area contributed by atoms with Crippen LogP contribution in [0.4, 0.5) is 0 Å². The van der Waals surface area contributed by atoms with E-state index in [0.29, 0.717) is 0 Å². The van der Waals surface area contributed by atoms with Gasteiger partial charge in [0.1, 0.15) is 0 Å². The molecule has 1 fully saturated rings. The van der Waals surface area contributed by atoms with Gasteiger partial charge in [-0.05, 0) is 95.8 Å². The van der Waals surface area contributed by atoms with E-state index in [2.05, 4.69) is 123 Å². The predicted octanol–water partition coefficient (Wildman–Crippen LogP) is 11.0. The highest BCUT2D eigenvalue weighted by Gasteiger charge is 2.46. The summed E-state index contributed by atoms with van der Waals surface area (Å²) in [5, 5.41) is 7.94. The van der Waals surface area contributed by atoms with Gasteiger partial charge in [0.05, 0.1) is 0 Å². The van der Waals surface area contributed by atoms with E-state index in [4.69, 9.17) is 0 Å². The molecule has 0 heteroatoms. The first-order chi connectivity index (χ1) is 19.1. The summed E-state index contributed by atoms with van der Waals surface area (Å²) in [6, 6.07) is 41.2. The van der Waals surface area contributed by atoms with Gasteiger partial charge in [-0.15, -0.1) is 0 Å². The monoisotopic (exact) mass is 502 g/mol. The zero-order chi connectivity index (χ0) is 26.1. The molecule has 2 aliphatic rings. The van der Waals surface area contributed by atoms with Crippen LogP contribution >= 0.6 is 0 Å². The molecule has 190 valence electrons. The van der Waals surface area contributed by atoms with E-state index in [1.54, 1.807) is 11.1 Å². The van der Waals surface area contributed by atoms with Gasteiger partial charge in [0.15, 0.2) is 0 Å². The molecule has 39 heavy (non-hydrogen) atoms. The van der Waals surface area contributed by atoms with E-state index in [-0.39, 0.29) is 5.41 Å². The van der Waals surface area contributed by atoms with E-state index in [9.17, 15) is 0 Å². The Kier molecular flexibility index (Phi) is 5.05. The van der Waals surface area contributed by atoms with Crippen molar-refractivity contribution in [3.05, 3.63) is 120 Å². The molecule has 0 radical (unpaired) electrons. The smallest absolute Gasteiger partial charge is 0.00201 e. The molecule has 0 amide bonds. The molecule has 6 aromatic carbocycles. The highest BCUT2D eigenvalue weighted by molar-refractivity contribution is 6.23. The molecule has 0 N–H and O–H groups in total. The molecule has 1 saturated carbocycles. The first-order valence-corrected chi connectivity index (χ1v) is 14.7. The fourth-order valence-corrected chi connectivity index (χ4v) is 8.33. The van der Waals surface area contributed by atoms with Crippen LogP contribution in [0.5, 0.6) is 0 Å². The van der Waals surface area contributed by atoms with Gasteiger partial charge in [-0.1, -0.05) is 136 Å². The van der Waals surface area contributed by atoms with Crippen LogP contribution in [0.2, 0.25) is 0 Å². The Bertz CT molecular complexity index is 1840. The highest BCUT2D eigenvalue weighted by atomic mass is 14.5. The Hall–Kier alpha value is -3.90. The van der Waals surface area contributed by atoms with Crippen LogP contribution in [0.1, 0.15) is 56.6 Å². The van der Waals surface area contributed by atoms with Crippen LogP contribution < -0.4 is 0 Å². The summed E-state index contributed by atoms with van der Waals surface area (Å²) in [5.41, 5.74) is 8.82. The van der Waals surface area contributed by atoms with Crippen molar-refractivity contribution < 1.29 is 0 Å². The van der Waals surface area contributed by atoms with Crippen molar-refractivity contribution in [2.75, 3.05) is 0 Å². The second kappa shape index (κ2) is 8.55. The Labute approximate surface area is 231 Å². The van der Waals surface area contributed by atoms with Crippen LogP contribution in [0.25, 0.3) is 54.6 Å². The molecule has 8 rings (SSSR count). The van der Waals surface area contributed by atoms with Gasteiger partial charge in [-0.3, -0.25) is 0 Å². The van der Waals surface area contributed by atoms with Crippen LogP contribution in [0.3, 0.4) is 0 Å². The number of fused-ring (bicyclic) bond motifs is 6. The molecule has 0 saturated heterocycles. The summed E-state index contributed by atoms with van der Waals surface area (Å²) < 4.78 is 0. The first-order valence-electron chi connectivity index (χ1n) is 14.7. The maximum absolute atomic E-state index is 2.57. The molecule has 2 unspecified atom stereocenters. The zero-order valence-corrected chi connectivity index (χ0v) is 22.9. The molecule has 0 bridgehead atoms. The Morgan fingerprint density at radius 2 is 1.15 bits per heavy atom. The van der Waals surface area contributed by atoms with Crippen molar-refractivity contribution in [1.29, 1.82) is 0 Å². The van der Waals surface area contributed by atoms with Gasteiger partial charge in [0.2, 0.25) is 0 Å². The summed E-state index contributed by atoms with van der Waals surface area (Å²) in [5.74, 6) is 1.51. The molecule has 0 aliphatic heterocycles. The van der Waals surface area contributed by atoms with Crippen LogP contribution in [0, 0.1) is 5.92 Å². The summed E-state index contributed by atoms with van der Waals surface area (Å²) >= 11 is 0. The lowest BCUT2D eigenvalue weighted by Crippen LogP contribution is -2.28. The average molecular weight is 503 g/mol. The molecule has 2 aliphatic carbocycles. The number of benzene rings is 6. The lowest BCUT2D eigenvalue weighted by atomic mass is 9.69. The van der Waals surface area contributed by atoms with Gasteiger partial charge in [-0.25, -0.2) is 0 Å². The van der Waals surface area contributed by atoms with Crippen molar-refractivity contribution in [2.45, 2.75) is 50.9 Å². The quantitative estimate of drug-likeness (QED) is 0.207. The minimum absolute atomic E-state index is 0.227. The maximum Gasteiger partial charge on any atom is -0.00201 e. The van der Waals surface area contributed by atoms with Gasteiger partial charge >= 0.3 is 0 Å². The topological polar surface area (TPSA) is 0 Å². The largest absolute Gasteiger partial charge is 0.0616 e. The lowest BCUT2D eigenvalue weighted by Gasteiger charge is -2.34. The highest BCUT2D eigenvalue weighted by Crippen LogP contribution is 2.57. The minimum Gasteiger partial charge on any atom is -0.0616 e. The molecule has 0 heterocycles. The van der Waals surface area contributed by atoms with Gasteiger partial charge in [0.25, 0.3) is 0 Å². The van der Waals surface area contributed by atoms with E-state index < -0.39 is 0 Å². The van der Waals surface area contributed by atoms with E-state index in [1.165, 1.54) is 80.3 Å². The van der Waals surface area contributed by atoms with Crippen molar-refractivity contribution in [1.82, 2.24) is 0 Å². The molecule has 2 atom stereocenters. The summed E-state index contributed by atoms with van der Waals surface area (Å²) in [6.07, 6.45) is 5.49. The number of hydrogen-bond acceptors (Lipinski definition) is 0. The van der Waals surface area contributed by atoms with Crippen molar-refractivity contribution in [3.8, 4) is 22.3 Å². The van der Waals surface area contributed by atoms with Gasteiger partial charge in [0, 0.05) is 0 Å². The molecule has 6 aromatic rings. The van der Waals surface area contributed by atoms with E-state index >= 15 is 0 Å². The summed E-state index contributed by atoms with van der Waals surface area (Å²) in [6.45, 7) is 5.01. The summed E-state index contributed by atoms with van der Waals surface area (Å²) in [7, 11) is 0. The van der Waals surface area contributed by atoms with Gasteiger partial charge in [-0.2, -0.15) is 0 Å². The lowest BCUT2D eigenvalue weighted by molar-refractivity contribution is 0.233. The standard InChI is InChI=1S/C39H34/c1-39(2)35-21-10-9-15-28(35)29-23-22-26(24-36(29)39)37-31-16-5-7-18-33(31)38(34-19-8-6-17-32(34)37)30-20-11-13-25-12-3-4-14-27(25)30/h3-8,11-14,16-20,22-24,28,35H,9-10,15,21H2,1-2H3. The molecular formula is C39H34. The number of hydrogen-bond donors (Lipinski definition) is 0. The van der Waals surface area contributed by atoms with Crippen LogP contribution in [0.15, 0.2) is 109 Å². The van der Waals surface area contributed by atoms with Crippen LogP contribution in [-0.2, 0) is 5.41 Å². The van der Waals surface area contributed by atoms with E-state index in [1.807, 2.05) is 0 Å². The third-order valence-corrected chi connectivity index (χ3v) is 10.1. The van der Waals surface area contributed by atoms with Crippen LogP contribution in [-0.4, -0.2) is 0 Å². The Morgan fingerprint density at radius 3 is 1.87 bits per heavy atom. The average Bonchev–Trinajstić information content (AvgIpc) is 3.21. The second-order valence-electron chi connectivity index (χ2n) is 12.4. The molecule has 0 spiro atoms. The molecular weight excluding hydrogens is 468 g/mol. The van der Waals surface area contributed by atoms with Crippen molar-refractivity contribution in [2.24, 2.45) is 5.92 Å². The Balaban J connectivity index is 1.44. The zero-order valence-electron chi connectivity index (χ0n) is 22.9. The van der Waals surface area contributed by atoms with E-state index in [0.717, 1.165) is 11.8 Å². The fourth-order valence-electron chi connectivity index (χ4n) is 8.33. The Morgan fingerprint density at radius 1 is 0.564 bits per heavy atom. The third kappa shape index (κ3) is 3.31. The molecule has 0 aromatic heterocycles. The summed E-state index contributed by atoms with van der Waals surface area (Å²) in [4.78, 5) is 0. The fraction of sp³-hybridized carbons (Fsp3) is 0.231. The minimum atomic E-state index is 0.227.